The normalized spacial score (nSPS) is 10.9. The Hall–Kier alpha value is -1.71. The van der Waals surface area contributed by atoms with E-state index in [2.05, 4.69) is 4.98 Å². The van der Waals surface area contributed by atoms with E-state index >= 15 is 0 Å². The van der Waals surface area contributed by atoms with Crippen molar-refractivity contribution in [3.8, 4) is 11.4 Å². The molecule has 0 atom stereocenters. The lowest BCUT2D eigenvalue weighted by Gasteiger charge is -2.09. The zero-order valence-electron chi connectivity index (χ0n) is 10.8. The zero-order chi connectivity index (χ0) is 14.1. The monoisotopic (exact) mass is 306 g/mol. The Morgan fingerprint density at radius 2 is 1.90 bits per heavy atom. The summed E-state index contributed by atoms with van der Waals surface area (Å²) >= 11 is 12.3. The number of aromatic nitrogens is 2. The Kier molecular flexibility index (Phi) is 3.55. The number of alkyl halides is 1. The third-order valence-electron chi connectivity index (χ3n) is 3.15. The highest BCUT2D eigenvalue weighted by Gasteiger charge is 2.14. The predicted octanol–water partition coefficient (Wildman–Crippen LogP) is 4.43. The summed E-state index contributed by atoms with van der Waals surface area (Å²) in [6.07, 6.45) is 0. The Morgan fingerprint density at radius 1 is 1.15 bits per heavy atom. The first-order chi connectivity index (χ1) is 9.74. The minimum atomic E-state index is 0.317. The van der Waals surface area contributed by atoms with Crippen LogP contribution in [-0.2, 0) is 5.88 Å². The fourth-order valence-electron chi connectivity index (χ4n) is 2.23. The molecule has 0 saturated carbocycles. The molecule has 0 N–H and O–H groups in total. The second-order valence-corrected chi connectivity index (χ2v) is 4.98. The summed E-state index contributed by atoms with van der Waals surface area (Å²) < 4.78 is 7.15. The number of ether oxygens (including phenoxy) is 1. The van der Waals surface area contributed by atoms with Crippen LogP contribution < -0.4 is 4.74 Å². The van der Waals surface area contributed by atoms with Crippen molar-refractivity contribution in [3.05, 3.63) is 53.3 Å². The number of methoxy groups -OCH3 is 1. The lowest BCUT2D eigenvalue weighted by atomic mass is 10.2. The molecular formula is C15H12Cl2N2O. The van der Waals surface area contributed by atoms with Gasteiger partial charge in [0.25, 0.3) is 0 Å². The number of nitrogens with zero attached hydrogens (tertiary/aromatic N) is 2. The maximum Gasteiger partial charge on any atom is 0.129 e. The van der Waals surface area contributed by atoms with Gasteiger partial charge in [0.05, 0.1) is 29.0 Å². The molecule has 0 amide bonds. The molecule has 0 aliphatic rings. The van der Waals surface area contributed by atoms with E-state index < -0.39 is 0 Å². The van der Waals surface area contributed by atoms with Gasteiger partial charge in [-0.2, -0.15) is 0 Å². The van der Waals surface area contributed by atoms with E-state index in [9.17, 15) is 0 Å². The minimum Gasteiger partial charge on any atom is -0.497 e. The van der Waals surface area contributed by atoms with Crippen LogP contribution >= 0.6 is 23.2 Å². The summed E-state index contributed by atoms with van der Waals surface area (Å²) in [5.74, 6) is 1.88. The summed E-state index contributed by atoms with van der Waals surface area (Å²) in [4.78, 5) is 4.53. The Bertz CT molecular complexity index is 750. The molecule has 1 aromatic heterocycles. The number of imidazole rings is 1. The highest BCUT2D eigenvalue weighted by Crippen LogP contribution is 2.29. The van der Waals surface area contributed by atoms with Crippen molar-refractivity contribution in [1.29, 1.82) is 0 Å². The van der Waals surface area contributed by atoms with Crippen molar-refractivity contribution < 1.29 is 4.74 Å². The largest absolute Gasteiger partial charge is 0.497 e. The van der Waals surface area contributed by atoms with Crippen LogP contribution in [0.3, 0.4) is 0 Å². The summed E-state index contributed by atoms with van der Waals surface area (Å²) in [5, 5.41) is 0.655. The maximum absolute atomic E-state index is 6.31. The van der Waals surface area contributed by atoms with Crippen LogP contribution in [0.2, 0.25) is 5.02 Å². The molecule has 3 nitrogen and oxygen atoms in total. The molecular weight excluding hydrogens is 295 g/mol. The van der Waals surface area contributed by atoms with Gasteiger partial charge in [-0.15, -0.1) is 11.6 Å². The number of para-hydroxylation sites is 1. The molecule has 2 aromatic carbocycles. The topological polar surface area (TPSA) is 27.1 Å². The highest BCUT2D eigenvalue weighted by atomic mass is 35.5. The van der Waals surface area contributed by atoms with Crippen LogP contribution in [0.25, 0.3) is 16.7 Å². The molecule has 0 aliphatic heterocycles. The first kappa shape index (κ1) is 13.3. The molecule has 3 aromatic rings. The quantitative estimate of drug-likeness (QED) is 0.669. The van der Waals surface area contributed by atoms with Crippen molar-refractivity contribution in [1.82, 2.24) is 9.55 Å². The van der Waals surface area contributed by atoms with Crippen LogP contribution in [0.4, 0.5) is 0 Å². The Labute approximate surface area is 126 Å². The number of benzene rings is 2. The molecule has 20 heavy (non-hydrogen) atoms. The molecule has 0 bridgehead atoms. The molecule has 3 rings (SSSR count). The fourth-order valence-corrected chi connectivity index (χ4v) is 2.67. The van der Waals surface area contributed by atoms with E-state index in [1.54, 1.807) is 7.11 Å². The number of halogens is 2. The average Bonchev–Trinajstić information content (AvgIpc) is 2.87. The second-order valence-electron chi connectivity index (χ2n) is 4.30. The van der Waals surface area contributed by atoms with Gasteiger partial charge in [-0.25, -0.2) is 4.98 Å². The average molecular weight is 307 g/mol. The summed E-state index contributed by atoms with van der Waals surface area (Å²) in [5.41, 5.74) is 2.66. The molecule has 0 saturated heterocycles. The fraction of sp³-hybridized carbons (Fsp3) is 0.133. The first-order valence-electron chi connectivity index (χ1n) is 6.11. The van der Waals surface area contributed by atoms with Gasteiger partial charge in [0.15, 0.2) is 0 Å². The third-order valence-corrected chi connectivity index (χ3v) is 3.69. The second kappa shape index (κ2) is 5.35. The van der Waals surface area contributed by atoms with Gasteiger partial charge in [0.1, 0.15) is 11.6 Å². The number of hydrogen-bond acceptors (Lipinski definition) is 2. The highest BCUT2D eigenvalue weighted by molar-refractivity contribution is 6.35. The van der Waals surface area contributed by atoms with Crippen molar-refractivity contribution in [2.45, 2.75) is 5.88 Å². The zero-order valence-corrected chi connectivity index (χ0v) is 12.3. The van der Waals surface area contributed by atoms with Gasteiger partial charge in [-0.3, -0.25) is 4.57 Å². The van der Waals surface area contributed by atoms with Gasteiger partial charge in [-0.1, -0.05) is 17.7 Å². The van der Waals surface area contributed by atoms with Gasteiger partial charge in [-0.05, 0) is 36.4 Å². The molecule has 1 heterocycles. The number of fused-ring (bicyclic) bond motifs is 1. The third kappa shape index (κ3) is 2.13. The van der Waals surface area contributed by atoms with Crippen LogP contribution in [-0.4, -0.2) is 16.7 Å². The van der Waals surface area contributed by atoms with Gasteiger partial charge >= 0.3 is 0 Å². The molecule has 0 spiro atoms. The summed E-state index contributed by atoms with van der Waals surface area (Å²) in [6.45, 7) is 0. The smallest absolute Gasteiger partial charge is 0.129 e. The van der Waals surface area contributed by atoms with Gasteiger partial charge in [0.2, 0.25) is 0 Å². The summed E-state index contributed by atoms with van der Waals surface area (Å²) in [6, 6.07) is 13.4. The Morgan fingerprint density at radius 3 is 2.55 bits per heavy atom. The van der Waals surface area contributed by atoms with E-state index in [1.165, 1.54) is 0 Å². The standard InChI is InChI=1S/C15H12Cl2N2O/c1-20-11-7-5-10(6-8-11)19-14(9-16)18-13-4-2-3-12(17)15(13)19/h2-8H,9H2,1H3. The van der Waals surface area contributed by atoms with E-state index in [4.69, 9.17) is 27.9 Å². The first-order valence-corrected chi connectivity index (χ1v) is 7.02. The maximum atomic E-state index is 6.31. The molecule has 0 aliphatic carbocycles. The summed E-state index contributed by atoms with van der Waals surface area (Å²) in [7, 11) is 1.64. The van der Waals surface area contributed by atoms with Crippen molar-refractivity contribution >= 4 is 34.2 Å². The van der Waals surface area contributed by atoms with E-state index in [-0.39, 0.29) is 0 Å². The van der Waals surface area contributed by atoms with Crippen LogP contribution in [0.5, 0.6) is 5.75 Å². The molecule has 5 heteroatoms. The van der Waals surface area contributed by atoms with Gasteiger partial charge < -0.3 is 4.74 Å². The van der Waals surface area contributed by atoms with Crippen molar-refractivity contribution in [2.75, 3.05) is 7.11 Å². The molecule has 102 valence electrons. The Balaban J connectivity index is 2.27. The molecule has 0 radical (unpaired) electrons. The van der Waals surface area contributed by atoms with E-state index in [0.29, 0.717) is 10.9 Å². The lowest BCUT2D eigenvalue weighted by Crippen LogP contribution is -1.99. The van der Waals surface area contributed by atoms with E-state index in [0.717, 1.165) is 28.3 Å². The van der Waals surface area contributed by atoms with Gasteiger partial charge in [0, 0.05) is 5.69 Å². The minimum absolute atomic E-state index is 0.317. The van der Waals surface area contributed by atoms with Crippen LogP contribution in [0.1, 0.15) is 5.82 Å². The molecule has 0 unspecified atom stereocenters. The SMILES string of the molecule is COc1ccc(-n2c(CCl)nc3cccc(Cl)c32)cc1. The van der Waals surface area contributed by atoms with Crippen LogP contribution in [0.15, 0.2) is 42.5 Å². The number of rotatable bonds is 3. The van der Waals surface area contributed by atoms with Crippen molar-refractivity contribution in [2.24, 2.45) is 0 Å². The van der Waals surface area contributed by atoms with Crippen molar-refractivity contribution in [3.63, 3.8) is 0 Å². The molecule has 0 fully saturated rings. The van der Waals surface area contributed by atoms with E-state index in [1.807, 2.05) is 47.0 Å². The lowest BCUT2D eigenvalue weighted by molar-refractivity contribution is 0.414. The number of hydrogen-bond donors (Lipinski definition) is 0. The predicted molar refractivity (Wildman–Crippen MR) is 82.2 cm³/mol. The van der Waals surface area contributed by atoms with Crippen LogP contribution in [0, 0.1) is 0 Å².